The van der Waals surface area contributed by atoms with E-state index in [0.717, 1.165) is 24.8 Å². The number of carboxylic acid groups (broad SMARTS) is 1. The molecule has 1 aliphatic carbocycles. The molecule has 1 heterocycles. The molecule has 8 heteroatoms. The van der Waals surface area contributed by atoms with Gasteiger partial charge in [0.1, 0.15) is 0 Å². The zero-order chi connectivity index (χ0) is 18.9. The standard InChI is InChI=1S/C18H24N2O5S/c1-19-26(24,25)14-5-2-13(3-6-14)4-7-16(21)20-10-8-18(9-11-20)12-15(18)17(22)23/h2-3,5-6,15,19H,4,7-12H2,1H3,(H,22,23). The first-order valence-corrected chi connectivity index (χ1v) is 10.3. The molecule has 3 rings (SSSR count). The van der Waals surface area contributed by atoms with Crippen LogP contribution in [-0.4, -0.2) is 50.4 Å². The number of carbonyl (C=O) groups excluding carboxylic acids is 1. The average Bonchev–Trinajstić information content (AvgIpc) is 3.34. The maximum Gasteiger partial charge on any atom is 0.307 e. The van der Waals surface area contributed by atoms with Crippen molar-refractivity contribution in [3.63, 3.8) is 0 Å². The lowest BCUT2D eigenvalue weighted by molar-refractivity contribution is -0.139. The van der Waals surface area contributed by atoms with E-state index < -0.39 is 16.0 Å². The molecule has 0 radical (unpaired) electrons. The number of likely N-dealkylation sites (tertiary alicyclic amines) is 1. The van der Waals surface area contributed by atoms with E-state index in [4.69, 9.17) is 5.11 Å². The third-order valence-electron chi connectivity index (χ3n) is 5.73. The third kappa shape index (κ3) is 3.76. The van der Waals surface area contributed by atoms with Gasteiger partial charge in [-0.15, -0.1) is 0 Å². The molecule has 0 aromatic heterocycles. The van der Waals surface area contributed by atoms with Crippen LogP contribution in [-0.2, 0) is 26.0 Å². The highest BCUT2D eigenvalue weighted by Gasteiger charge is 2.59. The molecule has 2 fully saturated rings. The van der Waals surface area contributed by atoms with Crippen molar-refractivity contribution in [2.75, 3.05) is 20.1 Å². The van der Waals surface area contributed by atoms with Crippen molar-refractivity contribution in [3.05, 3.63) is 29.8 Å². The quantitative estimate of drug-likeness (QED) is 0.773. The van der Waals surface area contributed by atoms with Gasteiger partial charge in [0.2, 0.25) is 15.9 Å². The Morgan fingerprint density at radius 2 is 1.85 bits per heavy atom. The van der Waals surface area contributed by atoms with Crippen molar-refractivity contribution < 1.29 is 23.1 Å². The zero-order valence-electron chi connectivity index (χ0n) is 14.8. The molecule has 142 valence electrons. The number of piperidine rings is 1. The average molecular weight is 380 g/mol. The first kappa shape index (κ1) is 18.8. The minimum atomic E-state index is -3.45. The second-order valence-corrected chi connectivity index (χ2v) is 9.08. The molecule has 1 aromatic rings. The summed E-state index contributed by atoms with van der Waals surface area (Å²) in [5, 5.41) is 9.12. The van der Waals surface area contributed by atoms with Crippen LogP contribution in [0.1, 0.15) is 31.2 Å². The summed E-state index contributed by atoms with van der Waals surface area (Å²) in [5.74, 6) is -0.875. The molecule has 2 aliphatic rings. The van der Waals surface area contributed by atoms with E-state index in [1.807, 2.05) is 4.90 Å². The van der Waals surface area contributed by atoms with Crippen LogP contribution < -0.4 is 4.72 Å². The van der Waals surface area contributed by atoms with E-state index >= 15 is 0 Å². The molecule has 0 bridgehead atoms. The number of nitrogens with one attached hydrogen (secondary N) is 1. The Hall–Kier alpha value is -1.93. The van der Waals surface area contributed by atoms with E-state index in [9.17, 15) is 18.0 Å². The Labute approximate surface area is 153 Å². The molecule has 26 heavy (non-hydrogen) atoms. The lowest BCUT2D eigenvalue weighted by atomic mass is 9.90. The molecule has 1 spiro atoms. The van der Waals surface area contributed by atoms with Gasteiger partial charge in [-0.25, -0.2) is 13.1 Å². The number of carboxylic acids is 1. The first-order chi connectivity index (χ1) is 12.3. The van der Waals surface area contributed by atoms with Crippen molar-refractivity contribution in [3.8, 4) is 0 Å². The Balaban J connectivity index is 1.48. The fourth-order valence-corrected chi connectivity index (χ4v) is 4.54. The summed E-state index contributed by atoms with van der Waals surface area (Å²) >= 11 is 0. The molecular weight excluding hydrogens is 356 g/mol. The summed E-state index contributed by atoms with van der Waals surface area (Å²) in [6, 6.07) is 6.53. The van der Waals surface area contributed by atoms with Crippen LogP contribution in [0.4, 0.5) is 0 Å². The second kappa shape index (κ2) is 7.00. The van der Waals surface area contributed by atoms with Crippen molar-refractivity contribution >= 4 is 21.9 Å². The lowest BCUT2D eigenvalue weighted by Crippen LogP contribution is -2.40. The maximum absolute atomic E-state index is 12.4. The number of aliphatic carboxylic acids is 1. The monoisotopic (exact) mass is 380 g/mol. The van der Waals surface area contributed by atoms with Crippen LogP contribution in [0.25, 0.3) is 0 Å². The molecule has 7 nitrogen and oxygen atoms in total. The molecule has 2 N–H and O–H groups in total. The smallest absolute Gasteiger partial charge is 0.307 e. The van der Waals surface area contributed by atoms with E-state index in [2.05, 4.69) is 4.72 Å². The number of benzene rings is 1. The van der Waals surface area contributed by atoms with E-state index in [-0.39, 0.29) is 22.1 Å². The summed E-state index contributed by atoms with van der Waals surface area (Å²) in [5.41, 5.74) is 0.840. The number of rotatable bonds is 6. The first-order valence-electron chi connectivity index (χ1n) is 8.80. The summed E-state index contributed by atoms with van der Waals surface area (Å²) in [4.78, 5) is 25.5. The van der Waals surface area contributed by atoms with Gasteiger partial charge in [-0.1, -0.05) is 12.1 Å². The fourth-order valence-electron chi connectivity index (χ4n) is 3.81. The van der Waals surface area contributed by atoms with E-state index in [0.29, 0.717) is 25.9 Å². The Morgan fingerprint density at radius 3 is 2.35 bits per heavy atom. The minimum Gasteiger partial charge on any atom is -0.481 e. The van der Waals surface area contributed by atoms with Crippen molar-refractivity contribution in [1.82, 2.24) is 9.62 Å². The fraction of sp³-hybridized carbons (Fsp3) is 0.556. The normalized spacial score (nSPS) is 21.6. The predicted molar refractivity (Wildman–Crippen MR) is 95.0 cm³/mol. The summed E-state index contributed by atoms with van der Waals surface area (Å²) in [7, 11) is -2.08. The summed E-state index contributed by atoms with van der Waals surface area (Å²) in [6.07, 6.45) is 3.20. The molecule has 1 atom stereocenters. The molecule has 1 saturated heterocycles. The van der Waals surface area contributed by atoms with Crippen LogP contribution >= 0.6 is 0 Å². The van der Waals surface area contributed by atoms with Gasteiger partial charge < -0.3 is 10.0 Å². The molecular formula is C18H24N2O5S. The number of nitrogens with zero attached hydrogens (tertiary/aromatic N) is 1. The van der Waals surface area contributed by atoms with Crippen LogP contribution in [0.3, 0.4) is 0 Å². The van der Waals surface area contributed by atoms with Crippen molar-refractivity contribution in [2.45, 2.75) is 37.0 Å². The van der Waals surface area contributed by atoms with Gasteiger partial charge in [-0.05, 0) is 55.8 Å². The van der Waals surface area contributed by atoms with Crippen molar-refractivity contribution in [1.29, 1.82) is 0 Å². The minimum absolute atomic E-state index is 0.0688. The Kier molecular flexibility index (Phi) is 5.07. The van der Waals surface area contributed by atoms with Crippen LogP contribution in [0.15, 0.2) is 29.2 Å². The number of carbonyl (C=O) groups is 2. The van der Waals surface area contributed by atoms with Crippen molar-refractivity contribution in [2.24, 2.45) is 11.3 Å². The number of hydrogen-bond acceptors (Lipinski definition) is 4. The highest BCUT2D eigenvalue weighted by atomic mass is 32.2. The summed E-state index contributed by atoms with van der Waals surface area (Å²) in [6.45, 7) is 1.25. The van der Waals surface area contributed by atoms with Crippen LogP contribution in [0.5, 0.6) is 0 Å². The maximum atomic E-state index is 12.4. The van der Waals surface area contributed by atoms with Gasteiger partial charge in [0.05, 0.1) is 10.8 Å². The lowest BCUT2D eigenvalue weighted by Gasteiger charge is -2.32. The van der Waals surface area contributed by atoms with Gasteiger partial charge >= 0.3 is 5.97 Å². The van der Waals surface area contributed by atoms with E-state index in [1.165, 1.54) is 19.2 Å². The van der Waals surface area contributed by atoms with Gasteiger partial charge in [-0.3, -0.25) is 9.59 Å². The molecule has 1 aromatic carbocycles. The number of hydrogen-bond donors (Lipinski definition) is 2. The van der Waals surface area contributed by atoms with Gasteiger partial charge in [0, 0.05) is 19.5 Å². The Bertz CT molecular complexity index is 795. The highest BCUT2D eigenvalue weighted by Crippen LogP contribution is 2.59. The molecule has 1 unspecified atom stereocenters. The van der Waals surface area contributed by atoms with Gasteiger partial charge in [0.15, 0.2) is 0 Å². The predicted octanol–water partition coefficient (Wildman–Crippen LogP) is 1.24. The van der Waals surface area contributed by atoms with Gasteiger partial charge in [-0.2, -0.15) is 0 Å². The number of sulfonamides is 1. The summed E-state index contributed by atoms with van der Waals surface area (Å²) < 4.78 is 25.7. The van der Waals surface area contributed by atoms with Gasteiger partial charge in [0.25, 0.3) is 0 Å². The molecule has 1 saturated carbocycles. The number of aryl methyl sites for hydroxylation is 1. The molecule has 1 amide bonds. The largest absolute Gasteiger partial charge is 0.481 e. The van der Waals surface area contributed by atoms with E-state index in [1.54, 1.807) is 12.1 Å². The van der Waals surface area contributed by atoms with Crippen LogP contribution in [0.2, 0.25) is 0 Å². The second-order valence-electron chi connectivity index (χ2n) is 7.19. The number of amides is 1. The zero-order valence-corrected chi connectivity index (χ0v) is 15.6. The Morgan fingerprint density at radius 1 is 1.23 bits per heavy atom. The highest BCUT2D eigenvalue weighted by molar-refractivity contribution is 7.89. The topological polar surface area (TPSA) is 104 Å². The SMILES string of the molecule is CNS(=O)(=O)c1ccc(CCC(=O)N2CCC3(CC2)CC3C(=O)O)cc1. The third-order valence-corrected chi connectivity index (χ3v) is 7.16. The molecule has 1 aliphatic heterocycles. The van der Waals surface area contributed by atoms with Crippen LogP contribution in [0, 0.1) is 11.3 Å².